The quantitative estimate of drug-likeness (QED) is 0.882. The van der Waals surface area contributed by atoms with Crippen LogP contribution >= 0.6 is 34.5 Å². The SMILES string of the molecule is CCNC(Cc1ncc[nH]1)c1cc(Cl)sc1Cl. The summed E-state index contributed by atoms with van der Waals surface area (Å²) in [6, 6.07) is 2.06. The minimum atomic E-state index is 0.141. The summed E-state index contributed by atoms with van der Waals surface area (Å²) in [5.41, 5.74) is 1.04. The Bertz CT molecular complexity index is 467. The van der Waals surface area contributed by atoms with E-state index in [0.29, 0.717) is 4.34 Å². The summed E-state index contributed by atoms with van der Waals surface area (Å²) in [6.45, 7) is 2.94. The summed E-state index contributed by atoms with van der Waals surface area (Å²) in [5.74, 6) is 0.939. The molecule has 0 saturated carbocycles. The van der Waals surface area contributed by atoms with E-state index in [1.165, 1.54) is 11.3 Å². The zero-order valence-corrected chi connectivity index (χ0v) is 11.7. The van der Waals surface area contributed by atoms with Gasteiger partial charge in [0, 0.05) is 30.4 Å². The highest BCUT2D eigenvalue weighted by atomic mass is 35.5. The second kappa shape index (κ2) is 5.87. The molecule has 92 valence electrons. The lowest BCUT2D eigenvalue weighted by Gasteiger charge is -2.16. The molecule has 0 spiro atoms. The van der Waals surface area contributed by atoms with Gasteiger partial charge < -0.3 is 10.3 Å². The van der Waals surface area contributed by atoms with Gasteiger partial charge in [0.2, 0.25) is 0 Å². The van der Waals surface area contributed by atoms with Gasteiger partial charge in [-0.3, -0.25) is 0 Å². The average molecular weight is 290 g/mol. The Morgan fingerprint density at radius 3 is 2.88 bits per heavy atom. The predicted molar refractivity (Wildman–Crippen MR) is 73.0 cm³/mol. The van der Waals surface area contributed by atoms with Gasteiger partial charge in [-0.05, 0) is 12.6 Å². The second-order valence-electron chi connectivity index (χ2n) is 3.63. The Labute approximate surface area is 114 Å². The Balaban J connectivity index is 2.19. The smallest absolute Gasteiger partial charge is 0.107 e. The molecule has 0 aromatic carbocycles. The Morgan fingerprint density at radius 1 is 1.53 bits per heavy atom. The van der Waals surface area contributed by atoms with Crippen LogP contribution in [-0.4, -0.2) is 16.5 Å². The Kier molecular flexibility index (Phi) is 4.45. The van der Waals surface area contributed by atoms with Crippen LogP contribution in [-0.2, 0) is 6.42 Å². The summed E-state index contributed by atoms with van der Waals surface area (Å²) in [5, 5.41) is 3.39. The van der Waals surface area contributed by atoms with Crippen LogP contribution < -0.4 is 5.32 Å². The van der Waals surface area contributed by atoms with E-state index in [4.69, 9.17) is 23.2 Å². The highest BCUT2D eigenvalue weighted by Crippen LogP contribution is 2.35. The minimum Gasteiger partial charge on any atom is -0.349 e. The van der Waals surface area contributed by atoms with Gasteiger partial charge in [0.05, 0.1) is 8.67 Å². The van der Waals surface area contributed by atoms with Crippen molar-refractivity contribution in [2.75, 3.05) is 6.54 Å². The second-order valence-corrected chi connectivity index (χ2v) is 5.92. The Hall–Kier alpha value is -0.550. The van der Waals surface area contributed by atoms with Gasteiger partial charge in [-0.2, -0.15) is 0 Å². The van der Waals surface area contributed by atoms with Crippen LogP contribution in [0.1, 0.15) is 24.4 Å². The molecule has 0 aliphatic rings. The summed E-state index contributed by atoms with van der Waals surface area (Å²) in [6.07, 6.45) is 4.34. The molecule has 0 saturated heterocycles. The lowest BCUT2D eigenvalue weighted by molar-refractivity contribution is 0.541. The van der Waals surface area contributed by atoms with Crippen molar-refractivity contribution < 1.29 is 0 Å². The molecule has 0 aliphatic carbocycles. The van der Waals surface area contributed by atoms with Crippen LogP contribution in [0.25, 0.3) is 0 Å². The first-order valence-electron chi connectivity index (χ1n) is 5.37. The molecule has 6 heteroatoms. The van der Waals surface area contributed by atoms with Crippen LogP contribution in [0.2, 0.25) is 8.67 Å². The normalized spacial score (nSPS) is 12.9. The van der Waals surface area contributed by atoms with Crippen molar-refractivity contribution in [1.82, 2.24) is 15.3 Å². The highest BCUT2D eigenvalue weighted by molar-refractivity contribution is 7.20. The fourth-order valence-corrected chi connectivity index (χ4v) is 3.31. The number of nitrogens with one attached hydrogen (secondary N) is 2. The number of hydrogen-bond acceptors (Lipinski definition) is 3. The molecular weight excluding hydrogens is 277 g/mol. The predicted octanol–water partition coefficient (Wildman–Crippen LogP) is 3.67. The number of aromatic amines is 1. The van der Waals surface area contributed by atoms with Crippen LogP contribution in [0.3, 0.4) is 0 Å². The fraction of sp³-hybridized carbons (Fsp3) is 0.364. The standard InChI is InChI=1S/C11H13Cl2N3S/c1-2-14-8(6-10-15-3-4-16-10)7-5-9(12)17-11(7)13/h3-5,8,14H,2,6H2,1H3,(H,15,16). The third-order valence-corrected chi connectivity index (χ3v) is 3.98. The van der Waals surface area contributed by atoms with Gasteiger partial charge in [-0.1, -0.05) is 30.1 Å². The molecule has 0 bridgehead atoms. The summed E-state index contributed by atoms with van der Waals surface area (Å²) in [7, 11) is 0. The molecule has 0 radical (unpaired) electrons. The van der Waals surface area contributed by atoms with E-state index in [1.54, 1.807) is 6.20 Å². The minimum absolute atomic E-state index is 0.141. The number of halogens is 2. The first kappa shape index (κ1) is 12.9. The first-order chi connectivity index (χ1) is 8.20. The maximum atomic E-state index is 6.18. The number of nitrogens with zero attached hydrogens (tertiary/aromatic N) is 1. The number of hydrogen-bond donors (Lipinski definition) is 2. The van der Waals surface area contributed by atoms with Gasteiger partial charge in [0.15, 0.2) is 0 Å². The number of likely N-dealkylation sites (N-methyl/N-ethyl adjacent to an activating group) is 1. The van der Waals surface area contributed by atoms with E-state index in [0.717, 1.165) is 28.7 Å². The van der Waals surface area contributed by atoms with Crippen LogP contribution in [0.5, 0.6) is 0 Å². The molecule has 2 aromatic rings. The molecule has 17 heavy (non-hydrogen) atoms. The van der Waals surface area contributed by atoms with E-state index in [1.807, 2.05) is 12.3 Å². The van der Waals surface area contributed by atoms with E-state index < -0.39 is 0 Å². The zero-order chi connectivity index (χ0) is 12.3. The topological polar surface area (TPSA) is 40.7 Å². The molecule has 2 heterocycles. The van der Waals surface area contributed by atoms with Crippen molar-refractivity contribution >= 4 is 34.5 Å². The highest BCUT2D eigenvalue weighted by Gasteiger charge is 2.18. The first-order valence-corrected chi connectivity index (χ1v) is 6.94. The molecule has 2 N–H and O–H groups in total. The van der Waals surface area contributed by atoms with Crippen LogP contribution in [0, 0.1) is 0 Å². The number of rotatable bonds is 5. The summed E-state index contributed by atoms with van der Waals surface area (Å²) in [4.78, 5) is 7.33. The molecule has 0 fully saturated rings. The monoisotopic (exact) mass is 289 g/mol. The Morgan fingerprint density at radius 2 is 2.35 bits per heavy atom. The lowest BCUT2D eigenvalue weighted by atomic mass is 10.1. The average Bonchev–Trinajstić information content (AvgIpc) is 2.88. The molecule has 0 aliphatic heterocycles. The molecule has 3 nitrogen and oxygen atoms in total. The van der Waals surface area contributed by atoms with Crippen molar-refractivity contribution in [1.29, 1.82) is 0 Å². The van der Waals surface area contributed by atoms with Crippen LogP contribution in [0.15, 0.2) is 18.5 Å². The maximum absolute atomic E-state index is 6.18. The summed E-state index contributed by atoms with van der Waals surface area (Å²) < 4.78 is 1.46. The molecule has 1 atom stereocenters. The largest absolute Gasteiger partial charge is 0.349 e. The van der Waals surface area contributed by atoms with E-state index >= 15 is 0 Å². The van der Waals surface area contributed by atoms with E-state index in [2.05, 4.69) is 22.2 Å². The number of thiophene rings is 1. The molecule has 0 amide bonds. The van der Waals surface area contributed by atoms with Gasteiger partial charge >= 0.3 is 0 Å². The molecular formula is C11H13Cl2N3S. The van der Waals surface area contributed by atoms with E-state index in [-0.39, 0.29) is 6.04 Å². The number of H-pyrrole nitrogens is 1. The van der Waals surface area contributed by atoms with Gasteiger partial charge in [-0.25, -0.2) is 4.98 Å². The van der Waals surface area contributed by atoms with Crippen molar-refractivity contribution in [2.45, 2.75) is 19.4 Å². The molecule has 2 aromatic heterocycles. The number of imidazole rings is 1. The number of aromatic nitrogens is 2. The van der Waals surface area contributed by atoms with Crippen LogP contribution in [0.4, 0.5) is 0 Å². The third kappa shape index (κ3) is 3.22. The third-order valence-electron chi connectivity index (χ3n) is 2.46. The fourth-order valence-electron chi connectivity index (χ4n) is 1.73. The van der Waals surface area contributed by atoms with E-state index in [9.17, 15) is 0 Å². The van der Waals surface area contributed by atoms with Gasteiger partial charge in [0.1, 0.15) is 5.82 Å². The summed E-state index contributed by atoms with van der Waals surface area (Å²) >= 11 is 13.6. The van der Waals surface area contributed by atoms with Crippen molar-refractivity contribution in [3.63, 3.8) is 0 Å². The van der Waals surface area contributed by atoms with Gasteiger partial charge in [0.25, 0.3) is 0 Å². The van der Waals surface area contributed by atoms with Gasteiger partial charge in [-0.15, -0.1) is 11.3 Å². The van der Waals surface area contributed by atoms with Crippen molar-refractivity contribution in [3.05, 3.63) is 38.5 Å². The maximum Gasteiger partial charge on any atom is 0.107 e. The lowest BCUT2D eigenvalue weighted by Crippen LogP contribution is -2.23. The molecule has 1 unspecified atom stereocenters. The zero-order valence-electron chi connectivity index (χ0n) is 9.34. The van der Waals surface area contributed by atoms with Crippen molar-refractivity contribution in [2.24, 2.45) is 0 Å². The molecule has 2 rings (SSSR count). The van der Waals surface area contributed by atoms with Crippen molar-refractivity contribution in [3.8, 4) is 0 Å².